The second-order valence-electron chi connectivity index (χ2n) is 5.11. The molecule has 23 heavy (non-hydrogen) atoms. The van der Waals surface area contributed by atoms with Crippen molar-refractivity contribution in [2.24, 2.45) is 0 Å². The van der Waals surface area contributed by atoms with E-state index in [1.807, 2.05) is 26.0 Å². The molecule has 122 valence electrons. The third kappa shape index (κ3) is 5.77. The third-order valence-corrected chi connectivity index (χ3v) is 3.53. The average molecular weight is 399 g/mol. The van der Waals surface area contributed by atoms with Gasteiger partial charge in [-0.25, -0.2) is 0 Å². The second-order valence-corrected chi connectivity index (χ2v) is 6.43. The van der Waals surface area contributed by atoms with Crippen molar-refractivity contribution in [3.8, 4) is 11.5 Å². The summed E-state index contributed by atoms with van der Waals surface area (Å²) in [5.41, 5.74) is 0.652. The minimum Gasteiger partial charge on any atom is -0.491 e. The fourth-order valence-electron chi connectivity index (χ4n) is 1.85. The Hall–Kier alpha value is -1.72. The topological polar surface area (TPSA) is 47.6 Å². The van der Waals surface area contributed by atoms with E-state index in [1.165, 1.54) is 0 Å². The Morgan fingerprint density at radius 1 is 1.26 bits per heavy atom. The molecule has 0 saturated carbocycles. The van der Waals surface area contributed by atoms with Crippen LogP contribution in [0.5, 0.6) is 11.5 Å². The van der Waals surface area contributed by atoms with Crippen molar-refractivity contribution in [2.75, 3.05) is 11.9 Å². The van der Waals surface area contributed by atoms with Crippen molar-refractivity contribution < 1.29 is 14.3 Å². The van der Waals surface area contributed by atoms with E-state index >= 15 is 0 Å². The fourth-order valence-corrected chi connectivity index (χ4v) is 2.58. The number of amides is 1. The van der Waals surface area contributed by atoms with Gasteiger partial charge in [-0.1, -0.05) is 33.6 Å². The number of halogens is 2. The summed E-state index contributed by atoms with van der Waals surface area (Å²) in [7, 11) is 0. The quantitative estimate of drug-likeness (QED) is 0.752. The minimum atomic E-state index is -0.273. The highest BCUT2D eigenvalue weighted by Crippen LogP contribution is 2.27. The second kappa shape index (κ2) is 8.22. The summed E-state index contributed by atoms with van der Waals surface area (Å²) in [6.45, 7) is 3.76. The first-order valence-electron chi connectivity index (χ1n) is 7.08. The van der Waals surface area contributed by atoms with Gasteiger partial charge in [-0.05, 0) is 44.2 Å². The molecule has 6 heteroatoms. The summed E-state index contributed by atoms with van der Waals surface area (Å²) in [6, 6.07) is 12.4. The number of ether oxygens (including phenoxy) is 2. The molecule has 1 N–H and O–H groups in total. The molecule has 0 spiro atoms. The van der Waals surface area contributed by atoms with Gasteiger partial charge < -0.3 is 14.8 Å². The van der Waals surface area contributed by atoms with Gasteiger partial charge in [-0.2, -0.15) is 0 Å². The standard InChI is InChI=1S/C17H17BrClNO3/c1-11(2)23-14-5-3-4-13(9-14)20-17(21)10-22-16-7-6-12(18)8-15(16)19/h3-9,11H,10H2,1-2H3,(H,20,21). The molecule has 0 aliphatic rings. The van der Waals surface area contributed by atoms with Gasteiger partial charge >= 0.3 is 0 Å². The average Bonchev–Trinajstić information content (AvgIpc) is 2.46. The Balaban J connectivity index is 1.92. The monoisotopic (exact) mass is 397 g/mol. The molecule has 0 atom stereocenters. The van der Waals surface area contributed by atoms with E-state index in [0.29, 0.717) is 22.2 Å². The van der Waals surface area contributed by atoms with Crippen LogP contribution in [0.25, 0.3) is 0 Å². The molecule has 2 rings (SSSR count). The highest BCUT2D eigenvalue weighted by molar-refractivity contribution is 9.10. The lowest BCUT2D eigenvalue weighted by Crippen LogP contribution is -2.20. The molecule has 0 aliphatic heterocycles. The van der Waals surface area contributed by atoms with Gasteiger partial charge in [0.05, 0.1) is 11.1 Å². The number of hydrogen-bond donors (Lipinski definition) is 1. The zero-order chi connectivity index (χ0) is 16.8. The summed E-state index contributed by atoms with van der Waals surface area (Å²) in [5, 5.41) is 3.20. The van der Waals surface area contributed by atoms with E-state index in [4.69, 9.17) is 21.1 Å². The van der Waals surface area contributed by atoms with E-state index in [9.17, 15) is 4.79 Å². The predicted molar refractivity (Wildman–Crippen MR) is 95.5 cm³/mol. The van der Waals surface area contributed by atoms with E-state index in [0.717, 1.165) is 4.47 Å². The maximum absolute atomic E-state index is 12.0. The normalized spacial score (nSPS) is 10.5. The van der Waals surface area contributed by atoms with Gasteiger partial charge in [0.25, 0.3) is 5.91 Å². The lowest BCUT2D eigenvalue weighted by molar-refractivity contribution is -0.118. The van der Waals surface area contributed by atoms with Crippen molar-refractivity contribution in [3.05, 3.63) is 52.0 Å². The zero-order valence-corrected chi connectivity index (χ0v) is 15.1. The van der Waals surface area contributed by atoms with Crippen molar-refractivity contribution in [1.82, 2.24) is 0 Å². The largest absolute Gasteiger partial charge is 0.491 e. The molecule has 2 aromatic carbocycles. The van der Waals surface area contributed by atoms with E-state index in [2.05, 4.69) is 21.2 Å². The fraction of sp³-hybridized carbons (Fsp3) is 0.235. The summed E-state index contributed by atoms with van der Waals surface area (Å²) in [4.78, 5) is 12.0. The van der Waals surface area contributed by atoms with Crippen molar-refractivity contribution in [3.63, 3.8) is 0 Å². The molecule has 0 unspecified atom stereocenters. The molecule has 0 bridgehead atoms. The third-order valence-electron chi connectivity index (χ3n) is 2.74. The lowest BCUT2D eigenvalue weighted by Gasteiger charge is -2.12. The Kier molecular flexibility index (Phi) is 6.30. The number of hydrogen-bond acceptors (Lipinski definition) is 3. The van der Waals surface area contributed by atoms with Crippen molar-refractivity contribution in [2.45, 2.75) is 20.0 Å². The van der Waals surface area contributed by atoms with Crippen LogP contribution < -0.4 is 14.8 Å². The van der Waals surface area contributed by atoms with Gasteiger partial charge in [0.15, 0.2) is 6.61 Å². The number of nitrogens with one attached hydrogen (secondary N) is 1. The summed E-state index contributed by atoms with van der Waals surface area (Å²) < 4.78 is 11.9. The number of benzene rings is 2. The highest BCUT2D eigenvalue weighted by Gasteiger charge is 2.08. The van der Waals surface area contributed by atoms with Gasteiger partial charge in [-0.15, -0.1) is 0 Å². The molecule has 0 radical (unpaired) electrons. The summed E-state index contributed by atoms with van der Waals surface area (Å²) in [5.74, 6) is 0.891. The molecule has 0 saturated heterocycles. The SMILES string of the molecule is CC(C)Oc1cccc(NC(=O)COc2ccc(Br)cc2Cl)c1. The predicted octanol–water partition coefficient (Wildman–Crippen LogP) is 4.91. The first-order valence-corrected chi connectivity index (χ1v) is 8.25. The molecule has 0 heterocycles. The Labute approximate surface area is 148 Å². The van der Waals surface area contributed by atoms with Crippen LogP contribution >= 0.6 is 27.5 Å². The Bertz CT molecular complexity index is 691. The molecule has 0 aliphatic carbocycles. The summed E-state index contributed by atoms with van der Waals surface area (Å²) in [6.07, 6.45) is 0.0730. The first kappa shape index (κ1) is 17.6. The number of carbonyl (C=O) groups excluding carboxylic acids is 1. The van der Waals surface area contributed by atoms with E-state index in [1.54, 1.807) is 30.3 Å². The molecular weight excluding hydrogens is 382 g/mol. The van der Waals surface area contributed by atoms with Crippen LogP contribution in [0.1, 0.15) is 13.8 Å². The first-order chi connectivity index (χ1) is 10.9. The molecule has 1 amide bonds. The summed E-state index contributed by atoms with van der Waals surface area (Å²) >= 11 is 9.35. The molecule has 0 aromatic heterocycles. The highest BCUT2D eigenvalue weighted by atomic mass is 79.9. The van der Waals surface area contributed by atoms with Crippen molar-refractivity contribution >= 4 is 39.1 Å². The Morgan fingerprint density at radius 2 is 2.04 bits per heavy atom. The number of carbonyl (C=O) groups is 1. The van der Waals surface area contributed by atoms with Crippen LogP contribution in [-0.2, 0) is 4.79 Å². The van der Waals surface area contributed by atoms with Crippen LogP contribution in [0.15, 0.2) is 46.9 Å². The minimum absolute atomic E-state index is 0.0730. The number of rotatable bonds is 6. The van der Waals surface area contributed by atoms with Crippen LogP contribution in [0.2, 0.25) is 5.02 Å². The van der Waals surface area contributed by atoms with E-state index < -0.39 is 0 Å². The van der Waals surface area contributed by atoms with Gasteiger partial charge in [0, 0.05) is 16.2 Å². The lowest BCUT2D eigenvalue weighted by atomic mass is 10.3. The molecule has 0 fully saturated rings. The maximum Gasteiger partial charge on any atom is 0.262 e. The molecule has 4 nitrogen and oxygen atoms in total. The van der Waals surface area contributed by atoms with Crippen LogP contribution in [0.3, 0.4) is 0 Å². The van der Waals surface area contributed by atoms with Crippen LogP contribution in [0, 0.1) is 0 Å². The molecule has 2 aromatic rings. The van der Waals surface area contributed by atoms with Crippen molar-refractivity contribution in [1.29, 1.82) is 0 Å². The van der Waals surface area contributed by atoms with Gasteiger partial charge in [0.2, 0.25) is 0 Å². The van der Waals surface area contributed by atoms with E-state index in [-0.39, 0.29) is 18.6 Å². The maximum atomic E-state index is 12.0. The van der Waals surface area contributed by atoms with Gasteiger partial charge in [0.1, 0.15) is 11.5 Å². The van der Waals surface area contributed by atoms with Gasteiger partial charge in [-0.3, -0.25) is 4.79 Å². The van der Waals surface area contributed by atoms with Crippen LogP contribution in [-0.4, -0.2) is 18.6 Å². The molecular formula is C17H17BrClNO3. The van der Waals surface area contributed by atoms with Crippen LogP contribution in [0.4, 0.5) is 5.69 Å². The zero-order valence-electron chi connectivity index (χ0n) is 12.8. The smallest absolute Gasteiger partial charge is 0.262 e. The Morgan fingerprint density at radius 3 is 2.74 bits per heavy atom. The number of anilines is 1.